The second-order valence-electron chi connectivity index (χ2n) is 4.73. The number of carbonyl (C=O) groups is 1. The van der Waals surface area contributed by atoms with Crippen LogP contribution in [0.3, 0.4) is 0 Å². The van der Waals surface area contributed by atoms with Crippen molar-refractivity contribution in [2.24, 2.45) is 11.1 Å². The topological polar surface area (TPSA) is 72.5 Å². The zero-order chi connectivity index (χ0) is 12.5. The van der Waals surface area contributed by atoms with E-state index in [4.69, 9.17) is 15.6 Å². The molecule has 0 aliphatic heterocycles. The second-order valence-corrected chi connectivity index (χ2v) is 4.73. The summed E-state index contributed by atoms with van der Waals surface area (Å²) in [5.41, 5.74) is 7.72. The van der Waals surface area contributed by atoms with Crippen LogP contribution in [0.25, 0.3) is 0 Å². The summed E-state index contributed by atoms with van der Waals surface area (Å²) < 4.78 is 5.31. The highest BCUT2D eigenvalue weighted by atomic mass is 16.5. The fourth-order valence-electron chi connectivity index (χ4n) is 2.67. The smallest absolute Gasteiger partial charge is 0.303 e. The van der Waals surface area contributed by atoms with Gasteiger partial charge < -0.3 is 15.6 Å². The van der Waals surface area contributed by atoms with Gasteiger partial charge in [0, 0.05) is 5.41 Å². The second kappa shape index (κ2) is 4.37. The standard InChI is InChI=1S/C13H17NO3/c1-17-11-4-2-3-9-5-13(8-14,6-10(9)11)7-12(15)16/h2-4H,5-8,14H2,1H3,(H,15,16). The molecule has 0 bridgehead atoms. The van der Waals surface area contributed by atoms with Crippen molar-refractivity contribution in [2.75, 3.05) is 13.7 Å². The Morgan fingerprint density at radius 2 is 2.29 bits per heavy atom. The van der Waals surface area contributed by atoms with E-state index in [9.17, 15) is 4.79 Å². The average Bonchev–Trinajstić information content (AvgIpc) is 2.66. The van der Waals surface area contributed by atoms with Gasteiger partial charge in [-0.2, -0.15) is 0 Å². The van der Waals surface area contributed by atoms with E-state index in [-0.39, 0.29) is 11.8 Å². The van der Waals surface area contributed by atoms with E-state index in [1.165, 1.54) is 0 Å². The van der Waals surface area contributed by atoms with Gasteiger partial charge in [0.15, 0.2) is 0 Å². The molecule has 0 amide bonds. The van der Waals surface area contributed by atoms with Crippen LogP contribution in [0.15, 0.2) is 18.2 Å². The van der Waals surface area contributed by atoms with Gasteiger partial charge in [-0.1, -0.05) is 12.1 Å². The van der Waals surface area contributed by atoms with Gasteiger partial charge in [0.25, 0.3) is 0 Å². The normalized spacial score (nSPS) is 22.2. The van der Waals surface area contributed by atoms with Crippen molar-refractivity contribution >= 4 is 5.97 Å². The molecule has 0 radical (unpaired) electrons. The zero-order valence-electron chi connectivity index (χ0n) is 9.90. The summed E-state index contributed by atoms with van der Waals surface area (Å²) in [6.07, 6.45) is 1.53. The van der Waals surface area contributed by atoms with Crippen molar-refractivity contribution in [1.82, 2.24) is 0 Å². The summed E-state index contributed by atoms with van der Waals surface area (Å²) in [6, 6.07) is 5.87. The van der Waals surface area contributed by atoms with Gasteiger partial charge >= 0.3 is 5.97 Å². The minimum Gasteiger partial charge on any atom is -0.496 e. The lowest BCUT2D eigenvalue weighted by Crippen LogP contribution is -2.33. The van der Waals surface area contributed by atoms with Gasteiger partial charge in [0.2, 0.25) is 0 Å². The van der Waals surface area contributed by atoms with E-state index in [1.807, 2.05) is 18.2 Å². The molecule has 92 valence electrons. The molecule has 0 aromatic heterocycles. The number of carboxylic acids is 1. The van der Waals surface area contributed by atoms with E-state index in [0.29, 0.717) is 13.0 Å². The first-order valence-corrected chi connectivity index (χ1v) is 5.67. The maximum absolute atomic E-state index is 10.9. The van der Waals surface area contributed by atoms with Crippen LogP contribution >= 0.6 is 0 Å². The monoisotopic (exact) mass is 235 g/mol. The molecule has 0 fully saturated rings. The molecule has 4 heteroatoms. The van der Waals surface area contributed by atoms with Gasteiger partial charge in [-0.3, -0.25) is 4.79 Å². The summed E-state index contributed by atoms with van der Waals surface area (Å²) in [7, 11) is 1.63. The molecule has 0 heterocycles. The molecular weight excluding hydrogens is 218 g/mol. The van der Waals surface area contributed by atoms with Crippen molar-refractivity contribution in [3.05, 3.63) is 29.3 Å². The number of ether oxygens (including phenoxy) is 1. The van der Waals surface area contributed by atoms with Gasteiger partial charge in [-0.05, 0) is 36.6 Å². The Hall–Kier alpha value is -1.55. The largest absolute Gasteiger partial charge is 0.496 e. The van der Waals surface area contributed by atoms with Crippen molar-refractivity contribution < 1.29 is 14.6 Å². The molecule has 1 aromatic carbocycles. The number of methoxy groups -OCH3 is 1. The number of hydrogen-bond donors (Lipinski definition) is 2. The summed E-state index contributed by atoms with van der Waals surface area (Å²) in [4.78, 5) is 10.9. The summed E-state index contributed by atoms with van der Waals surface area (Å²) in [5, 5.41) is 8.99. The summed E-state index contributed by atoms with van der Waals surface area (Å²) in [6.45, 7) is 0.386. The molecular formula is C13H17NO3. The van der Waals surface area contributed by atoms with Crippen molar-refractivity contribution in [1.29, 1.82) is 0 Å². The molecule has 17 heavy (non-hydrogen) atoms. The lowest BCUT2D eigenvalue weighted by atomic mass is 9.81. The van der Waals surface area contributed by atoms with Crippen molar-refractivity contribution in [2.45, 2.75) is 19.3 Å². The zero-order valence-corrected chi connectivity index (χ0v) is 9.90. The van der Waals surface area contributed by atoms with Crippen LogP contribution < -0.4 is 10.5 Å². The summed E-state index contributed by atoms with van der Waals surface area (Å²) >= 11 is 0. The van der Waals surface area contributed by atoms with Gasteiger partial charge in [-0.15, -0.1) is 0 Å². The van der Waals surface area contributed by atoms with E-state index < -0.39 is 5.97 Å². The number of benzene rings is 1. The van der Waals surface area contributed by atoms with Gasteiger partial charge in [0.05, 0.1) is 13.5 Å². The average molecular weight is 235 g/mol. The lowest BCUT2D eigenvalue weighted by Gasteiger charge is -2.24. The Morgan fingerprint density at radius 1 is 1.53 bits per heavy atom. The molecule has 1 aromatic rings. The van der Waals surface area contributed by atoms with Crippen LogP contribution in [0, 0.1) is 5.41 Å². The number of aliphatic carboxylic acids is 1. The molecule has 1 aliphatic rings. The van der Waals surface area contributed by atoms with Crippen molar-refractivity contribution in [3.8, 4) is 5.75 Å². The molecule has 4 nitrogen and oxygen atoms in total. The third-order valence-corrected chi connectivity index (χ3v) is 3.53. The molecule has 0 spiro atoms. The van der Waals surface area contributed by atoms with E-state index in [0.717, 1.165) is 23.3 Å². The van der Waals surface area contributed by atoms with Crippen LogP contribution in [0.2, 0.25) is 0 Å². The first-order valence-electron chi connectivity index (χ1n) is 5.67. The van der Waals surface area contributed by atoms with E-state index in [1.54, 1.807) is 7.11 Å². The Bertz CT molecular complexity index is 444. The number of rotatable bonds is 4. The minimum absolute atomic E-state index is 0.112. The van der Waals surface area contributed by atoms with Crippen molar-refractivity contribution in [3.63, 3.8) is 0 Å². The maximum Gasteiger partial charge on any atom is 0.303 e. The van der Waals surface area contributed by atoms with E-state index >= 15 is 0 Å². The third kappa shape index (κ3) is 2.13. The molecule has 0 saturated heterocycles. The highest BCUT2D eigenvalue weighted by Gasteiger charge is 2.39. The van der Waals surface area contributed by atoms with E-state index in [2.05, 4.69) is 0 Å². The number of fused-ring (bicyclic) bond motifs is 1. The molecule has 3 N–H and O–H groups in total. The first-order chi connectivity index (χ1) is 8.10. The first kappa shape index (κ1) is 11.9. The van der Waals surface area contributed by atoms with Gasteiger partial charge in [-0.25, -0.2) is 0 Å². The molecule has 1 atom stereocenters. The van der Waals surface area contributed by atoms with Crippen LogP contribution in [-0.4, -0.2) is 24.7 Å². The lowest BCUT2D eigenvalue weighted by molar-refractivity contribution is -0.139. The van der Waals surface area contributed by atoms with Crippen LogP contribution in [-0.2, 0) is 17.6 Å². The van der Waals surface area contributed by atoms with Crippen LogP contribution in [0.5, 0.6) is 5.75 Å². The predicted molar refractivity (Wildman–Crippen MR) is 64.1 cm³/mol. The van der Waals surface area contributed by atoms with Crippen LogP contribution in [0.1, 0.15) is 17.5 Å². The Labute approximate surface area is 100 Å². The Kier molecular flexibility index (Phi) is 3.07. The molecule has 2 rings (SSSR count). The Balaban J connectivity index is 2.33. The summed E-state index contributed by atoms with van der Waals surface area (Å²) in [5.74, 6) is 0.0467. The number of hydrogen-bond acceptors (Lipinski definition) is 3. The fourth-order valence-corrected chi connectivity index (χ4v) is 2.67. The van der Waals surface area contributed by atoms with Crippen LogP contribution in [0.4, 0.5) is 0 Å². The highest BCUT2D eigenvalue weighted by Crippen LogP contribution is 2.42. The maximum atomic E-state index is 10.9. The van der Waals surface area contributed by atoms with Gasteiger partial charge in [0.1, 0.15) is 5.75 Å². The molecule has 1 aliphatic carbocycles. The predicted octanol–water partition coefficient (Wildman–Crippen LogP) is 1.21. The third-order valence-electron chi connectivity index (χ3n) is 3.53. The Morgan fingerprint density at radius 3 is 2.88 bits per heavy atom. The minimum atomic E-state index is -0.790. The molecule has 0 saturated carbocycles. The fraction of sp³-hybridized carbons (Fsp3) is 0.462. The highest BCUT2D eigenvalue weighted by molar-refractivity contribution is 5.68. The molecule has 1 unspecified atom stereocenters. The number of carboxylic acid groups (broad SMARTS) is 1. The SMILES string of the molecule is COc1cccc2c1CC(CN)(CC(=O)O)C2. The number of nitrogens with two attached hydrogens (primary N) is 1. The quantitative estimate of drug-likeness (QED) is 0.822.